The van der Waals surface area contributed by atoms with Gasteiger partial charge < -0.3 is 28.5 Å². The molecule has 0 fully saturated rings. The van der Waals surface area contributed by atoms with Crippen LogP contribution in [0.1, 0.15) is 158 Å². The molecule has 0 saturated carbocycles. The van der Waals surface area contributed by atoms with Crippen LogP contribution in [0.3, 0.4) is 0 Å². The van der Waals surface area contributed by atoms with Crippen molar-refractivity contribution in [2.24, 2.45) is 0 Å². The topological polar surface area (TPSA) is 130 Å². The number of quaternary nitrogens is 2. The van der Waals surface area contributed by atoms with Gasteiger partial charge in [-0.15, -0.1) is 0 Å². The van der Waals surface area contributed by atoms with Crippen LogP contribution in [0.25, 0.3) is 0 Å². The Balaban J connectivity index is -0.000000586. The fourth-order valence-corrected chi connectivity index (χ4v) is 6.46. The molecule has 0 saturated heterocycles. The third-order valence-electron chi connectivity index (χ3n) is 8.09. The van der Waals surface area contributed by atoms with Crippen molar-refractivity contribution in [2.75, 3.05) is 52.4 Å². The van der Waals surface area contributed by atoms with Crippen molar-refractivity contribution in [2.45, 2.75) is 158 Å². The van der Waals surface area contributed by atoms with Gasteiger partial charge >= 0.3 is 0 Å². The standard InChI is InChI=1S/2C16H36N.H4O7P2/c2*1-5-9-13-17(14-10-6-2,15-11-7-3)16-12-8-4;1-8(2,3)7-9(4,5)6/h2*5-16H2,1-4H3;(H2,1,2,3)(H2,4,5,6)/q2*+1;/p-2. The molecule has 0 radical (unpaired) electrons. The molecular formula is C32H74N2O7P2. The van der Waals surface area contributed by atoms with Crippen LogP contribution < -0.4 is 9.79 Å². The lowest BCUT2D eigenvalue weighted by Gasteiger charge is -2.39. The first-order chi connectivity index (χ1) is 20.2. The van der Waals surface area contributed by atoms with Crippen molar-refractivity contribution in [3.05, 3.63) is 0 Å². The van der Waals surface area contributed by atoms with Crippen molar-refractivity contribution >= 4 is 15.6 Å². The zero-order chi connectivity index (χ0) is 33.7. The maximum absolute atomic E-state index is 9.48. The zero-order valence-electron chi connectivity index (χ0n) is 29.7. The summed E-state index contributed by atoms with van der Waals surface area (Å²) in [7, 11) is -10.7. The number of nitrogens with zero attached hydrogens (tertiary/aromatic N) is 2. The Bertz CT molecular complexity index is 556. The quantitative estimate of drug-likeness (QED) is 0.0712. The van der Waals surface area contributed by atoms with Crippen molar-refractivity contribution in [1.82, 2.24) is 0 Å². The Kier molecular flexibility index (Phi) is 32.7. The van der Waals surface area contributed by atoms with E-state index in [0.29, 0.717) is 0 Å². The molecule has 264 valence electrons. The first-order valence-corrected chi connectivity index (χ1v) is 20.7. The highest BCUT2D eigenvalue weighted by Crippen LogP contribution is 2.48. The molecular weight excluding hydrogens is 586 g/mol. The van der Waals surface area contributed by atoms with Crippen LogP contribution in [0.5, 0.6) is 0 Å². The highest BCUT2D eigenvalue weighted by Gasteiger charge is 2.25. The molecule has 2 N–H and O–H groups in total. The maximum atomic E-state index is 9.48. The Morgan fingerprint density at radius 3 is 0.628 bits per heavy atom. The summed E-state index contributed by atoms with van der Waals surface area (Å²) < 4.78 is 24.5. The third kappa shape index (κ3) is 31.9. The summed E-state index contributed by atoms with van der Waals surface area (Å²) >= 11 is 0. The van der Waals surface area contributed by atoms with E-state index >= 15 is 0 Å². The van der Waals surface area contributed by atoms with E-state index in [1.807, 2.05) is 0 Å². The van der Waals surface area contributed by atoms with Crippen LogP contribution in [0.4, 0.5) is 0 Å². The minimum Gasteiger partial charge on any atom is -0.756 e. The van der Waals surface area contributed by atoms with Crippen molar-refractivity contribution in [3.63, 3.8) is 0 Å². The lowest BCUT2D eigenvalue weighted by Crippen LogP contribution is -2.50. The van der Waals surface area contributed by atoms with Gasteiger partial charge in [0.05, 0.1) is 52.4 Å². The van der Waals surface area contributed by atoms with Crippen LogP contribution in [0.15, 0.2) is 0 Å². The molecule has 11 heteroatoms. The zero-order valence-corrected chi connectivity index (χ0v) is 31.5. The highest BCUT2D eigenvalue weighted by atomic mass is 31.3. The molecule has 43 heavy (non-hydrogen) atoms. The van der Waals surface area contributed by atoms with Gasteiger partial charge in [0.1, 0.15) is 0 Å². The maximum Gasteiger partial charge on any atom is 0.271 e. The van der Waals surface area contributed by atoms with Crippen LogP contribution in [0, 0.1) is 0 Å². The molecule has 0 aromatic heterocycles. The van der Waals surface area contributed by atoms with E-state index in [9.17, 15) is 18.9 Å². The molecule has 2 atom stereocenters. The second-order valence-electron chi connectivity index (χ2n) is 12.3. The average molecular weight is 661 g/mol. The number of rotatable bonds is 26. The van der Waals surface area contributed by atoms with Gasteiger partial charge in [-0.2, -0.15) is 0 Å². The minimum atomic E-state index is -5.36. The van der Waals surface area contributed by atoms with Gasteiger partial charge in [0, 0.05) is 0 Å². The lowest BCUT2D eigenvalue weighted by atomic mass is 10.1. The Morgan fingerprint density at radius 2 is 0.558 bits per heavy atom. The third-order valence-corrected chi connectivity index (χ3v) is 9.75. The van der Waals surface area contributed by atoms with Gasteiger partial charge in [-0.1, -0.05) is 107 Å². The monoisotopic (exact) mass is 660 g/mol. The molecule has 0 rings (SSSR count). The number of phosphoric acid groups is 2. The molecule has 2 unspecified atom stereocenters. The van der Waals surface area contributed by atoms with Crippen molar-refractivity contribution < 1.29 is 42.0 Å². The van der Waals surface area contributed by atoms with Gasteiger partial charge in [-0.05, 0) is 51.4 Å². The molecule has 0 aromatic carbocycles. The number of hydrogen-bond acceptors (Lipinski definition) is 5. The molecule has 0 heterocycles. The Hall–Kier alpha value is 0.180. The lowest BCUT2D eigenvalue weighted by molar-refractivity contribution is -0.929. The minimum absolute atomic E-state index is 1.35. The van der Waals surface area contributed by atoms with Crippen molar-refractivity contribution in [1.29, 1.82) is 0 Å². The molecule has 0 aliphatic heterocycles. The average Bonchev–Trinajstić information content (AvgIpc) is 2.94. The van der Waals surface area contributed by atoms with Crippen LogP contribution in [-0.2, 0) is 13.4 Å². The fraction of sp³-hybridized carbons (Fsp3) is 1.00. The Labute approximate surface area is 267 Å². The second-order valence-corrected chi connectivity index (χ2v) is 14.8. The summed E-state index contributed by atoms with van der Waals surface area (Å²) in [5.41, 5.74) is 0. The summed E-state index contributed by atoms with van der Waals surface area (Å²) in [6, 6.07) is 0. The SMILES string of the molecule is CCCC[N+](CCCC)(CCCC)CCCC.CCCC[N+](CCCC)(CCCC)CCCC.O=P([O-])(O)OP(=O)([O-])O. The summed E-state index contributed by atoms with van der Waals surface area (Å²) in [6.45, 7) is 30.0. The van der Waals surface area contributed by atoms with Crippen LogP contribution in [-0.4, -0.2) is 71.1 Å². The summed E-state index contributed by atoms with van der Waals surface area (Å²) in [6.07, 6.45) is 22.1. The molecule has 0 bridgehead atoms. The summed E-state index contributed by atoms with van der Waals surface area (Å²) in [4.78, 5) is 34.1. The van der Waals surface area contributed by atoms with Crippen LogP contribution >= 0.6 is 15.6 Å². The van der Waals surface area contributed by atoms with E-state index < -0.39 is 15.6 Å². The molecule has 0 spiro atoms. The molecule has 0 amide bonds. The van der Waals surface area contributed by atoms with Gasteiger partial charge in [0.2, 0.25) is 0 Å². The van der Waals surface area contributed by atoms with Gasteiger partial charge in [-0.3, -0.25) is 9.13 Å². The first kappa shape index (κ1) is 47.6. The van der Waals surface area contributed by atoms with Gasteiger partial charge in [-0.25, -0.2) is 4.31 Å². The fourth-order valence-electron chi connectivity index (χ4n) is 5.42. The van der Waals surface area contributed by atoms with E-state index in [2.05, 4.69) is 59.7 Å². The van der Waals surface area contributed by atoms with E-state index in [-0.39, 0.29) is 0 Å². The molecule has 9 nitrogen and oxygen atoms in total. The second kappa shape index (κ2) is 29.6. The first-order valence-electron chi connectivity index (χ1n) is 17.7. The van der Waals surface area contributed by atoms with E-state index in [1.54, 1.807) is 0 Å². The molecule has 0 aromatic rings. The van der Waals surface area contributed by atoms with E-state index in [4.69, 9.17) is 9.79 Å². The summed E-state index contributed by atoms with van der Waals surface area (Å²) in [5, 5.41) is 0. The van der Waals surface area contributed by atoms with E-state index in [0.717, 1.165) is 0 Å². The normalized spacial score (nSPS) is 14.6. The van der Waals surface area contributed by atoms with Crippen molar-refractivity contribution in [3.8, 4) is 0 Å². The Morgan fingerprint density at radius 1 is 0.419 bits per heavy atom. The van der Waals surface area contributed by atoms with E-state index in [1.165, 1.54) is 164 Å². The van der Waals surface area contributed by atoms with Gasteiger partial charge in [0.15, 0.2) is 0 Å². The molecule has 0 aliphatic carbocycles. The molecule has 0 aliphatic rings. The predicted octanol–water partition coefficient (Wildman–Crippen LogP) is 7.93. The highest BCUT2D eigenvalue weighted by molar-refractivity contribution is 7.58. The smallest absolute Gasteiger partial charge is 0.271 e. The van der Waals surface area contributed by atoms with Crippen LogP contribution in [0.2, 0.25) is 0 Å². The number of hydrogen-bond donors (Lipinski definition) is 2. The predicted molar refractivity (Wildman–Crippen MR) is 179 cm³/mol. The summed E-state index contributed by atoms with van der Waals surface area (Å²) in [5.74, 6) is 0. The largest absolute Gasteiger partial charge is 0.756 e. The van der Waals surface area contributed by atoms with Gasteiger partial charge in [0.25, 0.3) is 15.6 Å². The number of unbranched alkanes of at least 4 members (excludes halogenated alkanes) is 8.